The molecule has 3 heteroatoms. The van der Waals surface area contributed by atoms with Gasteiger partial charge in [0.1, 0.15) is 5.82 Å². The minimum atomic E-state index is -0.245. The molecule has 0 atom stereocenters. The molecule has 16 heavy (non-hydrogen) atoms. The van der Waals surface area contributed by atoms with Crippen LogP contribution in [0.1, 0.15) is 16.8 Å². The lowest BCUT2D eigenvalue weighted by Gasteiger charge is -2.07. The van der Waals surface area contributed by atoms with E-state index in [1.807, 2.05) is 18.2 Å². The van der Waals surface area contributed by atoms with Gasteiger partial charge in [-0.2, -0.15) is 0 Å². The summed E-state index contributed by atoms with van der Waals surface area (Å²) in [5, 5.41) is 0. The van der Waals surface area contributed by atoms with Crippen LogP contribution in [0.2, 0.25) is 0 Å². The molecule has 2 rings (SSSR count). The minimum Gasteiger partial charge on any atom is -0.326 e. The number of benzene rings is 1. The van der Waals surface area contributed by atoms with Crippen molar-refractivity contribution in [3.05, 3.63) is 65.2 Å². The number of hydrogen-bond donors (Lipinski definition) is 1. The van der Waals surface area contributed by atoms with Gasteiger partial charge in [-0.15, -0.1) is 0 Å². The molecule has 0 saturated heterocycles. The van der Waals surface area contributed by atoms with Crippen LogP contribution in [0.4, 0.5) is 4.39 Å². The number of rotatable bonds is 3. The molecular formula is C13H13FN2. The Hall–Kier alpha value is -1.74. The van der Waals surface area contributed by atoms with Crippen molar-refractivity contribution in [3.8, 4) is 0 Å². The van der Waals surface area contributed by atoms with Gasteiger partial charge >= 0.3 is 0 Å². The van der Waals surface area contributed by atoms with E-state index in [1.54, 1.807) is 12.3 Å². The first kappa shape index (κ1) is 10.8. The summed E-state index contributed by atoms with van der Waals surface area (Å²) in [6.07, 6.45) is 2.44. The van der Waals surface area contributed by atoms with E-state index in [-0.39, 0.29) is 5.82 Å². The maximum absolute atomic E-state index is 13.0. The quantitative estimate of drug-likeness (QED) is 0.854. The second kappa shape index (κ2) is 4.86. The molecule has 1 aromatic heterocycles. The average Bonchev–Trinajstić information content (AvgIpc) is 2.33. The Balaban J connectivity index is 2.28. The summed E-state index contributed by atoms with van der Waals surface area (Å²) in [7, 11) is 0. The van der Waals surface area contributed by atoms with Crippen LogP contribution in [0.15, 0.2) is 42.6 Å². The Morgan fingerprint density at radius 3 is 2.69 bits per heavy atom. The highest BCUT2D eigenvalue weighted by molar-refractivity contribution is 5.31. The van der Waals surface area contributed by atoms with Crippen molar-refractivity contribution in [2.24, 2.45) is 5.73 Å². The zero-order valence-corrected chi connectivity index (χ0v) is 8.86. The highest BCUT2D eigenvalue weighted by Gasteiger charge is 2.04. The van der Waals surface area contributed by atoms with E-state index in [9.17, 15) is 4.39 Å². The fourth-order valence-electron chi connectivity index (χ4n) is 1.65. The van der Waals surface area contributed by atoms with Gasteiger partial charge in [0.25, 0.3) is 0 Å². The van der Waals surface area contributed by atoms with Crippen molar-refractivity contribution in [1.29, 1.82) is 0 Å². The molecule has 0 spiro atoms. The molecule has 1 heterocycles. The van der Waals surface area contributed by atoms with E-state index >= 15 is 0 Å². The maximum Gasteiger partial charge on any atom is 0.123 e. The summed E-state index contributed by atoms with van der Waals surface area (Å²) in [6.45, 7) is 0.347. The Morgan fingerprint density at radius 2 is 2.00 bits per heavy atom. The lowest BCUT2D eigenvalue weighted by molar-refractivity contribution is 0.624. The van der Waals surface area contributed by atoms with Gasteiger partial charge in [0, 0.05) is 24.9 Å². The van der Waals surface area contributed by atoms with E-state index in [0.717, 1.165) is 16.8 Å². The van der Waals surface area contributed by atoms with Crippen LogP contribution >= 0.6 is 0 Å². The number of halogens is 1. The number of nitrogens with zero attached hydrogens (tertiary/aromatic N) is 1. The van der Waals surface area contributed by atoms with Crippen molar-refractivity contribution < 1.29 is 4.39 Å². The van der Waals surface area contributed by atoms with Gasteiger partial charge in [-0.3, -0.25) is 4.98 Å². The van der Waals surface area contributed by atoms with Gasteiger partial charge in [0.2, 0.25) is 0 Å². The van der Waals surface area contributed by atoms with E-state index in [1.165, 1.54) is 12.1 Å². The Morgan fingerprint density at radius 1 is 1.12 bits per heavy atom. The summed E-state index contributed by atoms with van der Waals surface area (Å²) >= 11 is 0. The normalized spacial score (nSPS) is 10.4. The zero-order valence-electron chi connectivity index (χ0n) is 8.86. The van der Waals surface area contributed by atoms with Crippen LogP contribution in [0.25, 0.3) is 0 Å². The molecule has 82 valence electrons. The third-order valence-corrected chi connectivity index (χ3v) is 2.49. The molecule has 2 nitrogen and oxygen atoms in total. The predicted molar refractivity (Wildman–Crippen MR) is 61.3 cm³/mol. The molecule has 0 aliphatic carbocycles. The average molecular weight is 216 g/mol. The molecule has 2 aromatic rings. The highest BCUT2D eigenvalue weighted by Crippen LogP contribution is 2.14. The third kappa shape index (κ3) is 2.44. The van der Waals surface area contributed by atoms with Crippen LogP contribution in [-0.2, 0) is 13.0 Å². The fraction of sp³-hybridized carbons (Fsp3) is 0.154. The first-order valence-electron chi connectivity index (χ1n) is 5.17. The van der Waals surface area contributed by atoms with Crippen molar-refractivity contribution in [1.82, 2.24) is 4.98 Å². The second-order valence-corrected chi connectivity index (χ2v) is 3.62. The van der Waals surface area contributed by atoms with Crippen LogP contribution in [0.3, 0.4) is 0 Å². The monoisotopic (exact) mass is 216 g/mol. The predicted octanol–water partition coefficient (Wildman–Crippen LogP) is 2.27. The van der Waals surface area contributed by atoms with Crippen LogP contribution in [-0.4, -0.2) is 4.98 Å². The molecule has 0 fully saturated rings. The largest absolute Gasteiger partial charge is 0.326 e. The highest BCUT2D eigenvalue weighted by atomic mass is 19.1. The second-order valence-electron chi connectivity index (χ2n) is 3.62. The van der Waals surface area contributed by atoms with Crippen LogP contribution in [0, 0.1) is 5.82 Å². The van der Waals surface area contributed by atoms with Gasteiger partial charge in [0.05, 0.1) is 0 Å². The van der Waals surface area contributed by atoms with Gasteiger partial charge in [-0.25, -0.2) is 4.39 Å². The van der Waals surface area contributed by atoms with E-state index in [0.29, 0.717) is 13.0 Å². The Labute approximate surface area is 93.9 Å². The first-order chi connectivity index (χ1) is 7.79. The standard InChI is InChI=1S/C13H13FN2/c14-12-5-4-10(11(7-12)9-15)8-13-3-1-2-6-16-13/h1-7H,8-9,15H2. The van der Waals surface area contributed by atoms with Crippen LogP contribution in [0.5, 0.6) is 0 Å². The molecular weight excluding hydrogens is 203 g/mol. The molecule has 0 aliphatic heterocycles. The number of hydrogen-bond acceptors (Lipinski definition) is 2. The summed E-state index contributed by atoms with van der Waals surface area (Å²) in [6, 6.07) is 10.5. The molecule has 0 aliphatic rings. The number of aromatic nitrogens is 1. The molecule has 0 amide bonds. The minimum absolute atomic E-state index is 0.245. The van der Waals surface area contributed by atoms with Crippen LogP contribution < -0.4 is 5.73 Å². The van der Waals surface area contributed by atoms with Crippen molar-refractivity contribution in [2.75, 3.05) is 0 Å². The molecule has 0 radical (unpaired) electrons. The van der Waals surface area contributed by atoms with E-state index in [4.69, 9.17) is 5.73 Å². The van der Waals surface area contributed by atoms with E-state index in [2.05, 4.69) is 4.98 Å². The smallest absolute Gasteiger partial charge is 0.123 e. The summed E-state index contributed by atoms with van der Waals surface area (Å²) in [5.41, 5.74) is 8.42. The van der Waals surface area contributed by atoms with Gasteiger partial charge < -0.3 is 5.73 Å². The van der Waals surface area contributed by atoms with Crippen molar-refractivity contribution >= 4 is 0 Å². The van der Waals surface area contributed by atoms with Crippen molar-refractivity contribution in [2.45, 2.75) is 13.0 Å². The first-order valence-corrected chi connectivity index (χ1v) is 5.17. The number of pyridine rings is 1. The topological polar surface area (TPSA) is 38.9 Å². The Kier molecular flexibility index (Phi) is 3.27. The SMILES string of the molecule is NCc1cc(F)ccc1Cc1ccccn1. The van der Waals surface area contributed by atoms with Gasteiger partial charge in [0.15, 0.2) is 0 Å². The van der Waals surface area contributed by atoms with Gasteiger partial charge in [-0.1, -0.05) is 12.1 Å². The van der Waals surface area contributed by atoms with Crippen molar-refractivity contribution in [3.63, 3.8) is 0 Å². The lowest BCUT2D eigenvalue weighted by Crippen LogP contribution is -2.03. The van der Waals surface area contributed by atoms with E-state index < -0.39 is 0 Å². The molecule has 2 N–H and O–H groups in total. The molecule has 0 saturated carbocycles. The summed E-state index contributed by atoms with van der Waals surface area (Å²) < 4.78 is 13.0. The summed E-state index contributed by atoms with van der Waals surface area (Å²) in [5.74, 6) is -0.245. The zero-order chi connectivity index (χ0) is 11.4. The molecule has 0 unspecified atom stereocenters. The maximum atomic E-state index is 13.0. The fourth-order valence-corrected chi connectivity index (χ4v) is 1.65. The molecule has 1 aromatic carbocycles. The lowest BCUT2D eigenvalue weighted by atomic mass is 10.0. The molecule has 0 bridgehead atoms. The van der Waals surface area contributed by atoms with Gasteiger partial charge in [-0.05, 0) is 35.4 Å². The number of nitrogens with two attached hydrogens (primary N) is 1. The third-order valence-electron chi connectivity index (χ3n) is 2.49. The Bertz CT molecular complexity index is 469. The summed E-state index contributed by atoms with van der Waals surface area (Å²) in [4.78, 5) is 4.24.